The summed E-state index contributed by atoms with van der Waals surface area (Å²) in [6, 6.07) is 14.7. The van der Waals surface area contributed by atoms with E-state index in [9.17, 15) is 4.79 Å². The standard InChI is InChI=1S/C22H25ClN4O3S/c1-14(2)27-21(15(3)30-19-12-8-7-11-18(19)29-4)25-26-22(27)31-13-20(28)24-17-10-6-5-9-16(17)23/h5-12,14-15H,13H2,1-4H3,(H,24,28). The lowest BCUT2D eigenvalue weighted by Crippen LogP contribution is -2.17. The van der Waals surface area contributed by atoms with E-state index in [0.29, 0.717) is 33.2 Å². The van der Waals surface area contributed by atoms with Crippen molar-refractivity contribution in [2.24, 2.45) is 0 Å². The van der Waals surface area contributed by atoms with Crippen LogP contribution in [0.15, 0.2) is 53.7 Å². The summed E-state index contributed by atoms with van der Waals surface area (Å²) in [6.45, 7) is 5.99. The number of aromatic nitrogens is 3. The molecule has 0 fully saturated rings. The first-order valence-corrected chi connectivity index (χ1v) is 11.2. The highest BCUT2D eigenvalue weighted by atomic mass is 35.5. The molecule has 0 saturated carbocycles. The number of benzene rings is 2. The minimum Gasteiger partial charge on any atom is -0.493 e. The molecule has 1 unspecified atom stereocenters. The minimum absolute atomic E-state index is 0.0860. The van der Waals surface area contributed by atoms with Crippen LogP contribution >= 0.6 is 23.4 Å². The number of hydrogen-bond acceptors (Lipinski definition) is 6. The number of halogens is 1. The van der Waals surface area contributed by atoms with Crippen LogP contribution in [0.5, 0.6) is 11.5 Å². The molecule has 9 heteroatoms. The van der Waals surface area contributed by atoms with Crippen molar-refractivity contribution in [1.82, 2.24) is 14.8 Å². The number of anilines is 1. The van der Waals surface area contributed by atoms with Crippen LogP contribution in [0.25, 0.3) is 0 Å². The quantitative estimate of drug-likeness (QED) is 0.431. The number of hydrogen-bond donors (Lipinski definition) is 1. The summed E-state index contributed by atoms with van der Waals surface area (Å²) < 4.78 is 13.4. The molecule has 1 N–H and O–H groups in total. The van der Waals surface area contributed by atoms with Crippen molar-refractivity contribution in [3.63, 3.8) is 0 Å². The molecular weight excluding hydrogens is 436 g/mol. The molecule has 2 aromatic carbocycles. The van der Waals surface area contributed by atoms with E-state index in [1.807, 2.05) is 61.7 Å². The Kier molecular flexibility index (Phi) is 7.81. The van der Waals surface area contributed by atoms with Crippen LogP contribution in [-0.4, -0.2) is 33.5 Å². The fourth-order valence-electron chi connectivity index (χ4n) is 2.99. The Morgan fingerprint density at radius 1 is 1.10 bits per heavy atom. The van der Waals surface area contributed by atoms with Crippen LogP contribution in [0.2, 0.25) is 5.02 Å². The molecule has 0 aliphatic rings. The van der Waals surface area contributed by atoms with E-state index in [-0.39, 0.29) is 23.8 Å². The SMILES string of the molecule is COc1ccccc1OC(C)c1nnc(SCC(=O)Nc2ccccc2Cl)n1C(C)C. The number of nitrogens with one attached hydrogen (secondary N) is 1. The average molecular weight is 461 g/mol. The molecule has 0 spiro atoms. The van der Waals surface area contributed by atoms with Crippen molar-refractivity contribution >= 4 is 35.0 Å². The molecule has 7 nitrogen and oxygen atoms in total. The largest absolute Gasteiger partial charge is 0.493 e. The predicted molar refractivity (Wildman–Crippen MR) is 123 cm³/mol. The first-order chi connectivity index (χ1) is 14.9. The molecule has 1 atom stereocenters. The molecule has 1 amide bonds. The summed E-state index contributed by atoms with van der Waals surface area (Å²) in [7, 11) is 1.60. The van der Waals surface area contributed by atoms with Crippen LogP contribution in [0.1, 0.15) is 38.7 Å². The van der Waals surface area contributed by atoms with Crippen molar-refractivity contribution in [1.29, 1.82) is 0 Å². The van der Waals surface area contributed by atoms with Gasteiger partial charge in [0.25, 0.3) is 0 Å². The molecule has 0 aliphatic heterocycles. The van der Waals surface area contributed by atoms with Gasteiger partial charge in [-0.1, -0.05) is 47.6 Å². The lowest BCUT2D eigenvalue weighted by Gasteiger charge is -2.19. The minimum atomic E-state index is -0.363. The summed E-state index contributed by atoms with van der Waals surface area (Å²) in [5.41, 5.74) is 0.583. The Balaban J connectivity index is 1.71. The van der Waals surface area contributed by atoms with E-state index in [2.05, 4.69) is 15.5 Å². The van der Waals surface area contributed by atoms with E-state index in [1.54, 1.807) is 19.2 Å². The molecule has 3 aromatic rings. The van der Waals surface area contributed by atoms with Gasteiger partial charge >= 0.3 is 0 Å². The molecule has 0 radical (unpaired) electrons. The highest BCUT2D eigenvalue weighted by molar-refractivity contribution is 7.99. The Morgan fingerprint density at radius 2 is 1.77 bits per heavy atom. The average Bonchev–Trinajstić information content (AvgIpc) is 3.19. The predicted octanol–water partition coefficient (Wildman–Crippen LogP) is 5.39. The number of para-hydroxylation sites is 3. The molecule has 0 aliphatic carbocycles. The number of thioether (sulfide) groups is 1. The van der Waals surface area contributed by atoms with Crippen molar-refractivity contribution in [2.75, 3.05) is 18.2 Å². The maximum atomic E-state index is 12.4. The van der Waals surface area contributed by atoms with Gasteiger partial charge in [0.15, 0.2) is 28.6 Å². The summed E-state index contributed by atoms with van der Waals surface area (Å²) in [5.74, 6) is 1.96. The van der Waals surface area contributed by atoms with Crippen LogP contribution in [0.4, 0.5) is 5.69 Å². The highest BCUT2D eigenvalue weighted by Crippen LogP contribution is 2.32. The summed E-state index contributed by atoms with van der Waals surface area (Å²) in [6.07, 6.45) is -0.363. The lowest BCUT2D eigenvalue weighted by molar-refractivity contribution is -0.113. The van der Waals surface area contributed by atoms with Crippen LogP contribution in [-0.2, 0) is 4.79 Å². The normalized spacial score (nSPS) is 11.9. The number of carbonyl (C=O) groups excluding carboxylic acids is 1. The first-order valence-electron chi connectivity index (χ1n) is 9.82. The van der Waals surface area contributed by atoms with Gasteiger partial charge in [0.2, 0.25) is 5.91 Å². The Hall–Kier alpha value is -2.71. The molecule has 0 saturated heterocycles. The smallest absolute Gasteiger partial charge is 0.234 e. The van der Waals surface area contributed by atoms with Crippen molar-refractivity contribution in [3.05, 3.63) is 59.4 Å². The van der Waals surface area contributed by atoms with Gasteiger partial charge in [-0.25, -0.2) is 0 Å². The summed E-state index contributed by atoms with van der Waals surface area (Å²) in [4.78, 5) is 12.4. The molecular formula is C22H25ClN4O3S. The van der Waals surface area contributed by atoms with Crippen molar-refractivity contribution in [2.45, 2.75) is 38.1 Å². The van der Waals surface area contributed by atoms with E-state index >= 15 is 0 Å². The second-order valence-electron chi connectivity index (χ2n) is 7.03. The van der Waals surface area contributed by atoms with Gasteiger partial charge < -0.3 is 19.4 Å². The summed E-state index contributed by atoms with van der Waals surface area (Å²) >= 11 is 7.42. The maximum absolute atomic E-state index is 12.4. The van der Waals surface area contributed by atoms with Crippen LogP contribution in [0, 0.1) is 0 Å². The number of methoxy groups -OCH3 is 1. The summed E-state index contributed by atoms with van der Waals surface area (Å²) in [5, 5.41) is 12.6. The Morgan fingerprint density at radius 3 is 2.45 bits per heavy atom. The Labute approximate surface area is 191 Å². The number of amides is 1. The van der Waals surface area contributed by atoms with E-state index < -0.39 is 0 Å². The monoisotopic (exact) mass is 460 g/mol. The third-order valence-corrected chi connectivity index (χ3v) is 5.70. The van der Waals surface area contributed by atoms with Gasteiger partial charge in [0.05, 0.1) is 23.6 Å². The lowest BCUT2D eigenvalue weighted by atomic mass is 10.3. The maximum Gasteiger partial charge on any atom is 0.234 e. The van der Waals surface area contributed by atoms with Crippen LogP contribution < -0.4 is 14.8 Å². The van der Waals surface area contributed by atoms with Gasteiger partial charge in [-0.2, -0.15) is 0 Å². The number of ether oxygens (including phenoxy) is 2. The van der Waals surface area contributed by atoms with Gasteiger partial charge in [-0.3, -0.25) is 4.79 Å². The third-order valence-electron chi connectivity index (χ3n) is 4.42. The second kappa shape index (κ2) is 10.5. The highest BCUT2D eigenvalue weighted by Gasteiger charge is 2.23. The molecule has 0 bridgehead atoms. The van der Waals surface area contributed by atoms with Gasteiger partial charge in [0.1, 0.15) is 0 Å². The number of rotatable bonds is 9. The van der Waals surface area contributed by atoms with Crippen molar-refractivity contribution in [3.8, 4) is 11.5 Å². The van der Waals surface area contributed by atoms with Gasteiger partial charge in [-0.15, -0.1) is 10.2 Å². The number of carbonyl (C=O) groups is 1. The second-order valence-corrected chi connectivity index (χ2v) is 8.38. The van der Waals surface area contributed by atoms with Crippen LogP contribution in [0.3, 0.4) is 0 Å². The fourth-order valence-corrected chi connectivity index (χ4v) is 4.04. The molecule has 3 rings (SSSR count). The zero-order valence-corrected chi connectivity index (χ0v) is 19.4. The molecule has 164 valence electrons. The topological polar surface area (TPSA) is 78.3 Å². The zero-order chi connectivity index (χ0) is 22.4. The van der Waals surface area contributed by atoms with E-state index in [4.69, 9.17) is 21.1 Å². The zero-order valence-electron chi connectivity index (χ0n) is 17.8. The third kappa shape index (κ3) is 5.71. The first kappa shape index (κ1) is 23.0. The Bertz CT molecular complexity index is 1040. The molecule has 1 aromatic heterocycles. The van der Waals surface area contributed by atoms with Crippen molar-refractivity contribution < 1.29 is 14.3 Å². The fraction of sp³-hybridized carbons (Fsp3) is 0.318. The molecule has 1 heterocycles. The van der Waals surface area contributed by atoms with E-state index in [0.717, 1.165) is 0 Å². The van der Waals surface area contributed by atoms with Gasteiger partial charge in [0, 0.05) is 6.04 Å². The van der Waals surface area contributed by atoms with Gasteiger partial charge in [-0.05, 0) is 45.0 Å². The number of nitrogens with zero attached hydrogens (tertiary/aromatic N) is 3. The molecule has 31 heavy (non-hydrogen) atoms. The van der Waals surface area contributed by atoms with E-state index in [1.165, 1.54) is 11.8 Å².